The van der Waals surface area contributed by atoms with Gasteiger partial charge in [0.1, 0.15) is 0 Å². The van der Waals surface area contributed by atoms with Gasteiger partial charge in [0.25, 0.3) is 0 Å². The third-order valence-corrected chi connectivity index (χ3v) is 5.37. The number of hydrogen-bond acceptors (Lipinski definition) is 6. The maximum absolute atomic E-state index is 5.52. The Bertz CT molecular complexity index is 713. The van der Waals surface area contributed by atoms with Gasteiger partial charge in [-0.15, -0.1) is 0 Å². The molecule has 4 rings (SSSR count). The fourth-order valence-electron chi connectivity index (χ4n) is 3.66. The molecule has 1 atom stereocenters. The van der Waals surface area contributed by atoms with Crippen molar-refractivity contribution in [3.05, 3.63) is 47.5 Å². The van der Waals surface area contributed by atoms with Gasteiger partial charge in [0, 0.05) is 43.1 Å². The summed E-state index contributed by atoms with van der Waals surface area (Å²) in [7, 11) is 0. The van der Waals surface area contributed by atoms with E-state index in [-0.39, 0.29) is 6.04 Å². The summed E-state index contributed by atoms with van der Waals surface area (Å²) in [6.45, 7) is 6.18. The number of rotatable bonds is 6. The molecule has 2 aliphatic rings. The van der Waals surface area contributed by atoms with Crippen molar-refractivity contribution in [2.75, 3.05) is 38.2 Å². The fourth-order valence-corrected chi connectivity index (χ4v) is 3.66. The predicted octanol–water partition coefficient (Wildman–Crippen LogP) is 2.93. The largest absolute Gasteiger partial charge is 0.379 e. The molecule has 1 N–H and O–H groups in total. The highest BCUT2D eigenvalue weighted by Gasteiger charge is 2.25. The summed E-state index contributed by atoms with van der Waals surface area (Å²) in [5, 5.41) is 3.48. The van der Waals surface area contributed by atoms with Gasteiger partial charge in [0.05, 0.1) is 24.9 Å². The second-order valence-electron chi connectivity index (χ2n) is 7.19. The molecule has 6 nitrogen and oxygen atoms in total. The van der Waals surface area contributed by atoms with Crippen molar-refractivity contribution in [3.63, 3.8) is 0 Å². The molecule has 1 unspecified atom stereocenters. The van der Waals surface area contributed by atoms with E-state index in [9.17, 15) is 0 Å². The van der Waals surface area contributed by atoms with Crippen molar-refractivity contribution >= 4 is 5.95 Å². The van der Waals surface area contributed by atoms with Crippen LogP contribution in [-0.2, 0) is 4.74 Å². The average molecular weight is 353 g/mol. The Kier molecular flexibility index (Phi) is 5.41. The van der Waals surface area contributed by atoms with Crippen LogP contribution >= 0.6 is 0 Å². The third-order valence-electron chi connectivity index (χ3n) is 5.37. The summed E-state index contributed by atoms with van der Waals surface area (Å²) in [4.78, 5) is 16.4. The summed E-state index contributed by atoms with van der Waals surface area (Å²) in [6.07, 6.45) is 5.68. The van der Waals surface area contributed by atoms with Crippen LogP contribution in [0.4, 0.5) is 5.95 Å². The highest BCUT2D eigenvalue weighted by atomic mass is 16.5. The maximum Gasteiger partial charge on any atom is 0.223 e. The summed E-state index contributed by atoms with van der Waals surface area (Å²) < 4.78 is 5.52. The van der Waals surface area contributed by atoms with Gasteiger partial charge in [-0.05, 0) is 38.0 Å². The first-order valence-corrected chi connectivity index (χ1v) is 9.62. The quantitative estimate of drug-likeness (QED) is 0.861. The molecule has 0 radical (unpaired) electrons. The van der Waals surface area contributed by atoms with Crippen molar-refractivity contribution < 1.29 is 4.74 Å². The second-order valence-corrected chi connectivity index (χ2v) is 7.19. The lowest BCUT2D eigenvalue weighted by atomic mass is 9.83. The van der Waals surface area contributed by atoms with Crippen molar-refractivity contribution in [1.82, 2.24) is 19.9 Å². The molecule has 1 aliphatic carbocycles. The number of pyridine rings is 1. The maximum atomic E-state index is 5.52. The molecule has 1 saturated heterocycles. The first-order chi connectivity index (χ1) is 12.8. The van der Waals surface area contributed by atoms with Crippen LogP contribution in [0.3, 0.4) is 0 Å². The Balaban J connectivity index is 1.50. The molecule has 0 amide bonds. The molecule has 0 spiro atoms. The molecule has 3 heterocycles. The first kappa shape index (κ1) is 17.4. The van der Waals surface area contributed by atoms with E-state index in [0.717, 1.165) is 50.2 Å². The molecular weight excluding hydrogens is 326 g/mol. The Labute approximate surface area is 155 Å². The zero-order chi connectivity index (χ0) is 17.8. The highest BCUT2D eigenvalue weighted by molar-refractivity contribution is 5.31. The van der Waals surface area contributed by atoms with Crippen LogP contribution in [0.1, 0.15) is 48.3 Å². The van der Waals surface area contributed by atoms with Crippen LogP contribution in [0.2, 0.25) is 0 Å². The summed E-state index contributed by atoms with van der Waals surface area (Å²) >= 11 is 0. The fraction of sp³-hybridized carbons (Fsp3) is 0.550. The van der Waals surface area contributed by atoms with Crippen LogP contribution in [0.5, 0.6) is 0 Å². The monoisotopic (exact) mass is 353 g/mol. The van der Waals surface area contributed by atoms with Crippen LogP contribution in [0.15, 0.2) is 30.5 Å². The van der Waals surface area contributed by atoms with Crippen LogP contribution in [0, 0.1) is 6.92 Å². The van der Waals surface area contributed by atoms with Crippen molar-refractivity contribution in [3.8, 4) is 0 Å². The zero-order valence-corrected chi connectivity index (χ0v) is 15.4. The van der Waals surface area contributed by atoms with E-state index in [1.165, 1.54) is 25.0 Å². The van der Waals surface area contributed by atoms with Gasteiger partial charge in [0.15, 0.2) is 0 Å². The van der Waals surface area contributed by atoms with Crippen molar-refractivity contribution in [1.29, 1.82) is 0 Å². The molecular formula is C20H27N5O. The van der Waals surface area contributed by atoms with E-state index in [0.29, 0.717) is 5.92 Å². The minimum Gasteiger partial charge on any atom is -0.379 e. The minimum atomic E-state index is 0.191. The first-order valence-electron chi connectivity index (χ1n) is 9.62. The van der Waals surface area contributed by atoms with E-state index >= 15 is 0 Å². The van der Waals surface area contributed by atoms with Gasteiger partial charge in [-0.25, -0.2) is 9.97 Å². The van der Waals surface area contributed by atoms with E-state index < -0.39 is 0 Å². The van der Waals surface area contributed by atoms with Crippen LogP contribution < -0.4 is 5.32 Å². The molecule has 26 heavy (non-hydrogen) atoms. The number of aromatic nitrogens is 3. The van der Waals surface area contributed by atoms with E-state index in [2.05, 4.69) is 32.3 Å². The standard InChI is InChI=1S/C20H27N5O/c1-15-13-18(16-5-4-6-16)24-20(23-15)22-14-19(17-7-2-3-8-21-17)25-9-11-26-12-10-25/h2-3,7-8,13,16,19H,4-6,9-12,14H2,1H3,(H,22,23,24). The van der Waals surface area contributed by atoms with Crippen molar-refractivity contribution in [2.45, 2.75) is 38.1 Å². The molecule has 0 aromatic carbocycles. The normalized spacial score (nSPS) is 19.7. The van der Waals surface area contributed by atoms with Gasteiger partial charge in [-0.3, -0.25) is 9.88 Å². The summed E-state index contributed by atoms with van der Waals surface area (Å²) in [5.41, 5.74) is 3.30. The summed E-state index contributed by atoms with van der Waals surface area (Å²) in [6, 6.07) is 8.43. The highest BCUT2D eigenvalue weighted by Crippen LogP contribution is 2.35. The third kappa shape index (κ3) is 4.02. The average Bonchev–Trinajstić information content (AvgIpc) is 2.62. The Hall–Kier alpha value is -2.05. The lowest BCUT2D eigenvalue weighted by Crippen LogP contribution is -2.42. The molecule has 138 valence electrons. The van der Waals surface area contributed by atoms with Crippen molar-refractivity contribution in [2.24, 2.45) is 0 Å². The smallest absolute Gasteiger partial charge is 0.223 e. The van der Waals surface area contributed by atoms with Gasteiger partial charge in [-0.2, -0.15) is 0 Å². The zero-order valence-electron chi connectivity index (χ0n) is 15.4. The van der Waals surface area contributed by atoms with Gasteiger partial charge >= 0.3 is 0 Å². The lowest BCUT2D eigenvalue weighted by Gasteiger charge is -2.34. The Morgan fingerprint density at radius 1 is 1.23 bits per heavy atom. The molecule has 2 aromatic heterocycles. The van der Waals surface area contributed by atoms with E-state index in [1.54, 1.807) is 0 Å². The number of ether oxygens (including phenoxy) is 1. The number of nitrogens with one attached hydrogen (secondary N) is 1. The van der Waals surface area contributed by atoms with E-state index in [1.807, 2.05) is 25.3 Å². The molecule has 0 bridgehead atoms. The molecule has 1 saturated carbocycles. The number of nitrogens with zero attached hydrogens (tertiary/aromatic N) is 4. The second kappa shape index (κ2) is 8.10. The topological polar surface area (TPSA) is 63.2 Å². The predicted molar refractivity (Wildman–Crippen MR) is 101 cm³/mol. The number of anilines is 1. The van der Waals surface area contributed by atoms with Gasteiger partial charge < -0.3 is 10.1 Å². The van der Waals surface area contributed by atoms with Gasteiger partial charge in [0.2, 0.25) is 5.95 Å². The minimum absolute atomic E-state index is 0.191. The molecule has 2 aromatic rings. The van der Waals surface area contributed by atoms with Gasteiger partial charge in [-0.1, -0.05) is 12.5 Å². The van der Waals surface area contributed by atoms with E-state index in [4.69, 9.17) is 9.72 Å². The number of hydrogen-bond donors (Lipinski definition) is 1. The molecule has 6 heteroatoms. The summed E-state index contributed by atoms with van der Waals surface area (Å²) in [5.74, 6) is 1.35. The van der Waals surface area contributed by atoms with Crippen LogP contribution in [-0.4, -0.2) is 52.7 Å². The van der Waals surface area contributed by atoms with Crippen LogP contribution in [0.25, 0.3) is 0 Å². The SMILES string of the molecule is Cc1cc(C2CCC2)nc(NCC(c2ccccn2)N2CCOCC2)n1. The Morgan fingerprint density at radius 3 is 2.77 bits per heavy atom. The number of aryl methyl sites for hydroxylation is 1. The molecule has 2 fully saturated rings. The Morgan fingerprint density at radius 2 is 2.08 bits per heavy atom. The number of morpholine rings is 1. The molecule has 1 aliphatic heterocycles. The lowest BCUT2D eigenvalue weighted by molar-refractivity contribution is 0.0178.